The van der Waals surface area contributed by atoms with Gasteiger partial charge in [0, 0.05) is 18.6 Å². The average Bonchev–Trinajstić information content (AvgIpc) is 2.48. The van der Waals surface area contributed by atoms with E-state index in [0.29, 0.717) is 11.6 Å². The monoisotopic (exact) mass is 292 g/mol. The first-order valence-electron chi connectivity index (χ1n) is 6.39. The average molecular weight is 293 g/mol. The van der Waals surface area contributed by atoms with Crippen molar-refractivity contribution in [2.24, 2.45) is 5.84 Å². The molecule has 2 aromatic heterocycles. The Morgan fingerprint density at radius 3 is 2.90 bits per heavy atom. The van der Waals surface area contributed by atoms with Crippen LogP contribution in [0.4, 0.5) is 0 Å². The molecule has 0 aliphatic carbocycles. The summed E-state index contributed by atoms with van der Waals surface area (Å²) in [5.41, 5.74) is 4.48. The lowest BCUT2D eigenvalue weighted by Crippen LogP contribution is -2.29. The first-order valence-corrected chi connectivity index (χ1v) is 6.77. The van der Waals surface area contributed by atoms with E-state index >= 15 is 0 Å². The Labute approximate surface area is 123 Å². The molecular weight excluding hydrogens is 276 g/mol. The van der Waals surface area contributed by atoms with Crippen molar-refractivity contribution in [3.8, 4) is 5.75 Å². The molecule has 0 radical (unpaired) electrons. The molecule has 20 heavy (non-hydrogen) atoms. The van der Waals surface area contributed by atoms with E-state index in [-0.39, 0.29) is 6.04 Å². The van der Waals surface area contributed by atoms with Crippen molar-refractivity contribution in [2.75, 3.05) is 6.61 Å². The van der Waals surface area contributed by atoms with E-state index in [0.717, 1.165) is 23.3 Å². The van der Waals surface area contributed by atoms with Crippen LogP contribution in [-0.2, 0) is 0 Å². The van der Waals surface area contributed by atoms with Gasteiger partial charge in [-0.3, -0.25) is 15.8 Å². The summed E-state index contributed by atoms with van der Waals surface area (Å²) < 4.78 is 5.58. The zero-order valence-electron chi connectivity index (χ0n) is 11.2. The van der Waals surface area contributed by atoms with Gasteiger partial charge in [0.2, 0.25) is 0 Å². The Morgan fingerprint density at radius 1 is 1.35 bits per heavy atom. The van der Waals surface area contributed by atoms with Crippen LogP contribution in [0.3, 0.4) is 0 Å². The fourth-order valence-corrected chi connectivity index (χ4v) is 2.11. The SMILES string of the molecule is CCCOc1cncc(C(NN)c2ccncc2Cl)c1. The number of nitrogens with two attached hydrogens (primary N) is 1. The number of hydrazine groups is 1. The Bertz CT molecular complexity index is 564. The molecule has 1 unspecified atom stereocenters. The first kappa shape index (κ1) is 14.7. The fourth-order valence-electron chi connectivity index (χ4n) is 1.88. The second-order valence-corrected chi connectivity index (χ2v) is 4.71. The van der Waals surface area contributed by atoms with Crippen LogP contribution in [0.5, 0.6) is 5.75 Å². The summed E-state index contributed by atoms with van der Waals surface area (Å²) in [5, 5.41) is 0.551. The van der Waals surface area contributed by atoms with E-state index in [2.05, 4.69) is 22.3 Å². The highest BCUT2D eigenvalue weighted by molar-refractivity contribution is 6.31. The Balaban J connectivity index is 2.30. The fraction of sp³-hybridized carbons (Fsp3) is 0.286. The van der Waals surface area contributed by atoms with Crippen LogP contribution in [0, 0.1) is 0 Å². The summed E-state index contributed by atoms with van der Waals surface area (Å²) in [4.78, 5) is 8.15. The minimum absolute atomic E-state index is 0.261. The quantitative estimate of drug-likeness (QED) is 0.632. The lowest BCUT2D eigenvalue weighted by atomic mass is 10.0. The van der Waals surface area contributed by atoms with E-state index in [1.807, 2.05) is 12.1 Å². The maximum Gasteiger partial charge on any atom is 0.137 e. The molecular formula is C14H17ClN4O. The van der Waals surface area contributed by atoms with Gasteiger partial charge in [0.15, 0.2) is 0 Å². The van der Waals surface area contributed by atoms with Gasteiger partial charge in [-0.05, 0) is 29.7 Å². The standard InChI is InChI=1S/C14H17ClN4O/c1-2-5-20-11-6-10(7-18-8-11)14(19-16)12-3-4-17-9-13(12)15/h3-4,6-9,14,19H,2,5,16H2,1H3. The lowest BCUT2D eigenvalue weighted by molar-refractivity contribution is 0.315. The number of halogens is 1. The van der Waals surface area contributed by atoms with Crippen LogP contribution in [0.25, 0.3) is 0 Å². The summed E-state index contributed by atoms with van der Waals surface area (Å²) in [6, 6.07) is 3.47. The van der Waals surface area contributed by atoms with Gasteiger partial charge in [0.25, 0.3) is 0 Å². The number of nitrogens with zero attached hydrogens (tertiary/aromatic N) is 2. The zero-order valence-corrected chi connectivity index (χ0v) is 12.0. The lowest BCUT2D eigenvalue weighted by Gasteiger charge is -2.18. The molecule has 0 amide bonds. The van der Waals surface area contributed by atoms with Crippen molar-refractivity contribution >= 4 is 11.6 Å². The van der Waals surface area contributed by atoms with E-state index in [9.17, 15) is 0 Å². The van der Waals surface area contributed by atoms with E-state index in [1.165, 1.54) is 0 Å². The van der Waals surface area contributed by atoms with Crippen LogP contribution >= 0.6 is 11.6 Å². The van der Waals surface area contributed by atoms with Crippen molar-refractivity contribution in [2.45, 2.75) is 19.4 Å². The van der Waals surface area contributed by atoms with Crippen LogP contribution in [0.15, 0.2) is 36.9 Å². The minimum atomic E-state index is -0.261. The number of pyridine rings is 2. The zero-order chi connectivity index (χ0) is 14.4. The second-order valence-electron chi connectivity index (χ2n) is 4.30. The molecule has 2 rings (SSSR count). The predicted octanol–water partition coefficient (Wildman–Crippen LogP) is 2.47. The molecule has 6 heteroatoms. The molecule has 0 aliphatic heterocycles. The normalized spacial score (nSPS) is 12.2. The summed E-state index contributed by atoms with van der Waals surface area (Å²) in [5.74, 6) is 6.38. The molecule has 0 bridgehead atoms. The van der Waals surface area contributed by atoms with E-state index in [4.69, 9.17) is 22.2 Å². The largest absolute Gasteiger partial charge is 0.492 e. The minimum Gasteiger partial charge on any atom is -0.492 e. The van der Waals surface area contributed by atoms with E-state index < -0.39 is 0 Å². The molecule has 0 saturated carbocycles. The first-order chi connectivity index (χ1) is 9.76. The third-order valence-electron chi connectivity index (χ3n) is 2.82. The second kappa shape index (κ2) is 7.19. The van der Waals surface area contributed by atoms with Crippen molar-refractivity contribution in [3.05, 3.63) is 53.1 Å². The van der Waals surface area contributed by atoms with Gasteiger partial charge in [-0.2, -0.15) is 0 Å². The molecule has 2 heterocycles. The van der Waals surface area contributed by atoms with E-state index in [1.54, 1.807) is 24.8 Å². The van der Waals surface area contributed by atoms with Gasteiger partial charge in [-0.1, -0.05) is 18.5 Å². The predicted molar refractivity (Wildman–Crippen MR) is 78.4 cm³/mol. The molecule has 0 spiro atoms. The van der Waals surface area contributed by atoms with Gasteiger partial charge in [0.05, 0.1) is 23.9 Å². The molecule has 5 nitrogen and oxygen atoms in total. The highest BCUT2D eigenvalue weighted by atomic mass is 35.5. The number of ether oxygens (including phenoxy) is 1. The molecule has 0 saturated heterocycles. The maximum atomic E-state index is 6.16. The Morgan fingerprint density at radius 2 is 2.20 bits per heavy atom. The van der Waals surface area contributed by atoms with Gasteiger partial charge in [-0.25, -0.2) is 5.43 Å². The van der Waals surface area contributed by atoms with Gasteiger partial charge >= 0.3 is 0 Å². The topological polar surface area (TPSA) is 73.1 Å². The molecule has 1 atom stereocenters. The number of aromatic nitrogens is 2. The summed E-state index contributed by atoms with van der Waals surface area (Å²) in [6.07, 6.45) is 7.63. The van der Waals surface area contributed by atoms with Crippen molar-refractivity contribution in [3.63, 3.8) is 0 Å². The van der Waals surface area contributed by atoms with Gasteiger partial charge in [0.1, 0.15) is 5.75 Å². The van der Waals surface area contributed by atoms with Crippen molar-refractivity contribution in [1.82, 2.24) is 15.4 Å². The highest BCUT2D eigenvalue weighted by Gasteiger charge is 2.16. The van der Waals surface area contributed by atoms with Crippen LogP contribution in [-0.4, -0.2) is 16.6 Å². The van der Waals surface area contributed by atoms with Crippen molar-refractivity contribution in [1.29, 1.82) is 0 Å². The molecule has 3 N–H and O–H groups in total. The third kappa shape index (κ3) is 3.45. The molecule has 0 aromatic carbocycles. The molecule has 2 aromatic rings. The van der Waals surface area contributed by atoms with Crippen LogP contribution in [0.1, 0.15) is 30.5 Å². The molecule has 0 aliphatic rings. The smallest absolute Gasteiger partial charge is 0.137 e. The number of hydrogen-bond donors (Lipinski definition) is 2. The number of hydrogen-bond acceptors (Lipinski definition) is 5. The summed E-state index contributed by atoms with van der Waals surface area (Å²) in [6.45, 7) is 2.71. The highest BCUT2D eigenvalue weighted by Crippen LogP contribution is 2.28. The summed E-state index contributed by atoms with van der Waals surface area (Å²) >= 11 is 6.16. The summed E-state index contributed by atoms with van der Waals surface area (Å²) in [7, 11) is 0. The third-order valence-corrected chi connectivity index (χ3v) is 3.14. The van der Waals surface area contributed by atoms with Crippen LogP contribution in [0.2, 0.25) is 5.02 Å². The number of nitrogens with one attached hydrogen (secondary N) is 1. The van der Waals surface area contributed by atoms with Gasteiger partial charge < -0.3 is 4.74 Å². The van der Waals surface area contributed by atoms with Gasteiger partial charge in [-0.15, -0.1) is 0 Å². The maximum absolute atomic E-state index is 6.16. The molecule has 106 valence electrons. The Hall–Kier alpha value is -1.69. The Kier molecular flexibility index (Phi) is 5.29. The van der Waals surface area contributed by atoms with Crippen molar-refractivity contribution < 1.29 is 4.74 Å². The molecule has 0 fully saturated rings. The number of rotatable bonds is 6. The van der Waals surface area contributed by atoms with Crippen LogP contribution < -0.4 is 16.0 Å².